The smallest absolute Gasteiger partial charge is 0.128 e. The van der Waals surface area contributed by atoms with Gasteiger partial charge in [-0.25, -0.2) is 4.98 Å². The van der Waals surface area contributed by atoms with Gasteiger partial charge in [0.25, 0.3) is 0 Å². The molecule has 0 amide bonds. The molecule has 0 saturated carbocycles. The molecule has 1 aliphatic rings. The van der Waals surface area contributed by atoms with Crippen molar-refractivity contribution in [2.45, 2.75) is 13.0 Å². The minimum atomic E-state index is 0.233. The van der Waals surface area contributed by atoms with Crippen LogP contribution in [0.4, 0.5) is 5.82 Å². The number of nitrogens with zero attached hydrogens (tertiary/aromatic N) is 3. The molecule has 1 aromatic heterocycles. The van der Waals surface area contributed by atoms with Gasteiger partial charge in [-0.15, -0.1) is 0 Å². The van der Waals surface area contributed by atoms with Crippen LogP contribution in [0.1, 0.15) is 18.5 Å². The average Bonchev–Trinajstić information content (AvgIpc) is 2.64. The monoisotopic (exact) mass is 326 g/mol. The van der Waals surface area contributed by atoms with Crippen LogP contribution < -0.4 is 15.4 Å². The number of hydrogen-bond donors (Lipinski definition) is 1. The summed E-state index contributed by atoms with van der Waals surface area (Å²) in [6.07, 6.45) is 1.85. The summed E-state index contributed by atoms with van der Waals surface area (Å²) in [5, 5.41) is 0. The van der Waals surface area contributed by atoms with Gasteiger partial charge in [-0.05, 0) is 36.8 Å². The molecule has 1 atom stereocenters. The number of piperazine rings is 1. The Morgan fingerprint density at radius 2 is 1.96 bits per heavy atom. The van der Waals surface area contributed by atoms with Gasteiger partial charge >= 0.3 is 0 Å². The summed E-state index contributed by atoms with van der Waals surface area (Å²) in [7, 11) is 0. The third kappa shape index (κ3) is 3.86. The molecule has 2 aromatic rings. The molecular weight excluding hydrogens is 300 g/mol. The van der Waals surface area contributed by atoms with E-state index in [9.17, 15) is 0 Å². The Balaban J connectivity index is 1.66. The van der Waals surface area contributed by atoms with E-state index in [2.05, 4.69) is 33.0 Å². The van der Waals surface area contributed by atoms with Gasteiger partial charge in [-0.3, -0.25) is 4.90 Å². The van der Waals surface area contributed by atoms with Crippen molar-refractivity contribution < 1.29 is 4.74 Å². The second kappa shape index (κ2) is 8.13. The van der Waals surface area contributed by atoms with Gasteiger partial charge in [0.05, 0.1) is 6.61 Å². The molecule has 2 heterocycles. The van der Waals surface area contributed by atoms with Gasteiger partial charge in [-0.2, -0.15) is 0 Å². The lowest BCUT2D eigenvalue weighted by molar-refractivity contribution is 0.189. The SMILES string of the molecule is CCOc1cccc(C(CN)N2CCN(c3ccccn3)CC2)c1. The predicted molar refractivity (Wildman–Crippen MR) is 97.4 cm³/mol. The van der Waals surface area contributed by atoms with Crippen molar-refractivity contribution in [3.63, 3.8) is 0 Å². The van der Waals surface area contributed by atoms with Crippen molar-refractivity contribution in [1.29, 1.82) is 0 Å². The third-order valence-corrected chi connectivity index (χ3v) is 4.51. The molecule has 1 saturated heterocycles. The Morgan fingerprint density at radius 1 is 1.12 bits per heavy atom. The van der Waals surface area contributed by atoms with Crippen molar-refractivity contribution in [1.82, 2.24) is 9.88 Å². The molecule has 3 rings (SSSR count). The Morgan fingerprint density at radius 3 is 2.62 bits per heavy atom. The molecule has 0 aliphatic carbocycles. The summed E-state index contributed by atoms with van der Waals surface area (Å²) >= 11 is 0. The molecule has 2 N–H and O–H groups in total. The first-order valence-electron chi connectivity index (χ1n) is 8.64. The molecule has 1 unspecified atom stereocenters. The van der Waals surface area contributed by atoms with E-state index in [0.29, 0.717) is 13.2 Å². The molecule has 24 heavy (non-hydrogen) atoms. The first-order chi connectivity index (χ1) is 11.8. The van der Waals surface area contributed by atoms with Crippen molar-refractivity contribution in [2.75, 3.05) is 44.2 Å². The first kappa shape index (κ1) is 16.7. The maximum Gasteiger partial charge on any atom is 0.128 e. The normalized spacial score (nSPS) is 16.8. The molecule has 5 heteroatoms. The molecular formula is C19H26N4O. The van der Waals surface area contributed by atoms with E-state index in [4.69, 9.17) is 10.5 Å². The van der Waals surface area contributed by atoms with Crippen LogP contribution in [0.15, 0.2) is 48.7 Å². The number of rotatable bonds is 6. The van der Waals surface area contributed by atoms with Crippen LogP contribution in [0.3, 0.4) is 0 Å². The molecule has 1 fully saturated rings. The van der Waals surface area contributed by atoms with Crippen LogP contribution in [0, 0.1) is 0 Å². The Kier molecular flexibility index (Phi) is 5.67. The fourth-order valence-corrected chi connectivity index (χ4v) is 3.28. The summed E-state index contributed by atoms with van der Waals surface area (Å²) in [6.45, 7) is 7.20. The number of aromatic nitrogens is 1. The molecule has 128 valence electrons. The lowest BCUT2D eigenvalue weighted by Gasteiger charge is -2.39. The minimum absolute atomic E-state index is 0.233. The predicted octanol–water partition coefficient (Wildman–Crippen LogP) is 2.30. The zero-order valence-corrected chi connectivity index (χ0v) is 14.3. The summed E-state index contributed by atoms with van der Waals surface area (Å²) in [5.41, 5.74) is 7.33. The zero-order chi connectivity index (χ0) is 16.8. The van der Waals surface area contributed by atoms with Crippen LogP contribution in [-0.2, 0) is 0 Å². The molecule has 0 bridgehead atoms. The standard InChI is InChI=1S/C19H26N4O/c1-2-24-17-7-5-6-16(14-17)18(15-20)22-10-12-23(13-11-22)19-8-3-4-9-21-19/h3-9,14,18H,2,10-13,15,20H2,1H3. The van der Waals surface area contributed by atoms with E-state index in [1.165, 1.54) is 5.56 Å². The van der Waals surface area contributed by atoms with Crippen LogP contribution >= 0.6 is 0 Å². The Bertz CT molecular complexity index is 626. The number of pyridine rings is 1. The third-order valence-electron chi connectivity index (χ3n) is 4.51. The van der Waals surface area contributed by atoms with E-state index < -0.39 is 0 Å². The molecule has 0 radical (unpaired) electrons. The highest BCUT2D eigenvalue weighted by Gasteiger charge is 2.24. The van der Waals surface area contributed by atoms with Gasteiger partial charge in [-0.1, -0.05) is 18.2 Å². The van der Waals surface area contributed by atoms with E-state index >= 15 is 0 Å². The molecule has 0 spiro atoms. The highest BCUT2D eigenvalue weighted by molar-refractivity contribution is 5.38. The van der Waals surface area contributed by atoms with Crippen LogP contribution in [0.5, 0.6) is 5.75 Å². The molecule has 1 aromatic carbocycles. The summed E-state index contributed by atoms with van der Waals surface area (Å²) in [6, 6.07) is 14.6. The summed E-state index contributed by atoms with van der Waals surface area (Å²) in [4.78, 5) is 9.25. The molecule has 1 aliphatic heterocycles. The van der Waals surface area contributed by atoms with Gasteiger partial charge < -0.3 is 15.4 Å². The quantitative estimate of drug-likeness (QED) is 0.883. The number of benzene rings is 1. The van der Waals surface area contributed by atoms with Gasteiger partial charge in [0.2, 0.25) is 0 Å². The van der Waals surface area contributed by atoms with Crippen LogP contribution in [0.2, 0.25) is 0 Å². The van der Waals surface area contributed by atoms with Crippen LogP contribution in [0.25, 0.3) is 0 Å². The first-order valence-corrected chi connectivity index (χ1v) is 8.64. The lowest BCUT2D eigenvalue weighted by atomic mass is 10.0. The van der Waals surface area contributed by atoms with Gasteiger partial charge in [0.15, 0.2) is 0 Å². The maximum absolute atomic E-state index is 6.10. The lowest BCUT2D eigenvalue weighted by Crippen LogP contribution is -2.49. The van der Waals surface area contributed by atoms with E-state index in [1.807, 2.05) is 37.4 Å². The Labute approximate surface area is 144 Å². The van der Waals surface area contributed by atoms with Crippen molar-refractivity contribution in [2.24, 2.45) is 5.73 Å². The highest BCUT2D eigenvalue weighted by atomic mass is 16.5. The number of nitrogens with two attached hydrogens (primary N) is 1. The average molecular weight is 326 g/mol. The minimum Gasteiger partial charge on any atom is -0.494 e. The summed E-state index contributed by atoms with van der Waals surface area (Å²) < 4.78 is 5.63. The van der Waals surface area contributed by atoms with Crippen molar-refractivity contribution in [3.8, 4) is 5.75 Å². The number of hydrogen-bond acceptors (Lipinski definition) is 5. The largest absolute Gasteiger partial charge is 0.494 e. The topological polar surface area (TPSA) is 54.6 Å². The highest BCUT2D eigenvalue weighted by Crippen LogP contribution is 2.25. The number of anilines is 1. The Hall–Kier alpha value is -2.11. The van der Waals surface area contributed by atoms with Gasteiger partial charge in [0.1, 0.15) is 11.6 Å². The fraction of sp³-hybridized carbons (Fsp3) is 0.421. The van der Waals surface area contributed by atoms with E-state index in [0.717, 1.165) is 37.7 Å². The zero-order valence-electron chi connectivity index (χ0n) is 14.3. The van der Waals surface area contributed by atoms with Crippen molar-refractivity contribution >= 4 is 5.82 Å². The summed E-state index contributed by atoms with van der Waals surface area (Å²) in [5.74, 6) is 1.97. The van der Waals surface area contributed by atoms with E-state index in [1.54, 1.807) is 0 Å². The maximum atomic E-state index is 6.10. The van der Waals surface area contributed by atoms with E-state index in [-0.39, 0.29) is 6.04 Å². The molecule has 5 nitrogen and oxygen atoms in total. The van der Waals surface area contributed by atoms with Crippen LogP contribution in [-0.4, -0.2) is 49.2 Å². The fourth-order valence-electron chi connectivity index (χ4n) is 3.28. The number of ether oxygens (including phenoxy) is 1. The second-order valence-electron chi connectivity index (χ2n) is 5.97. The second-order valence-corrected chi connectivity index (χ2v) is 5.97. The van der Waals surface area contributed by atoms with Gasteiger partial charge in [0, 0.05) is 45.0 Å². The van der Waals surface area contributed by atoms with Crippen molar-refractivity contribution in [3.05, 3.63) is 54.2 Å².